The molecule has 0 atom stereocenters. The van der Waals surface area contributed by atoms with E-state index < -0.39 is 0 Å². The van der Waals surface area contributed by atoms with E-state index in [1.807, 2.05) is 12.1 Å². The largest absolute Gasteiger partial charge is 0.489 e. The van der Waals surface area contributed by atoms with Crippen LogP contribution in [0.15, 0.2) is 12.1 Å². The van der Waals surface area contributed by atoms with Gasteiger partial charge in [-0.3, -0.25) is 0 Å². The zero-order chi connectivity index (χ0) is 7.84. The van der Waals surface area contributed by atoms with Crippen molar-refractivity contribution in [2.75, 3.05) is 0 Å². The Morgan fingerprint density at radius 2 is 2.36 bits per heavy atom. The Morgan fingerprint density at radius 1 is 1.55 bits per heavy atom. The first-order valence-electron chi connectivity index (χ1n) is 3.31. The second kappa shape index (κ2) is 2.83. The average molecular weight is 280 g/mol. The summed E-state index contributed by atoms with van der Waals surface area (Å²) in [6, 6.07) is 4.00. The van der Waals surface area contributed by atoms with Crippen LogP contribution in [0.1, 0.15) is 11.1 Å². The summed E-state index contributed by atoms with van der Waals surface area (Å²) in [5.41, 5.74) is 2.30. The molecule has 1 aliphatic heterocycles. The molecule has 2 bridgehead atoms. The van der Waals surface area contributed by atoms with Gasteiger partial charge in [-0.05, 0) is 17.7 Å². The number of benzene rings is 1. The van der Waals surface area contributed by atoms with E-state index in [1.165, 1.54) is 5.56 Å². The number of halogens is 2. The highest BCUT2D eigenvalue weighted by Crippen LogP contribution is 2.33. The second-order valence-corrected chi connectivity index (χ2v) is 3.62. The van der Waals surface area contributed by atoms with E-state index in [2.05, 4.69) is 22.6 Å². The van der Waals surface area contributed by atoms with Crippen molar-refractivity contribution in [3.05, 3.63) is 28.3 Å². The quantitative estimate of drug-likeness (QED) is 0.567. The zero-order valence-corrected chi connectivity index (χ0v) is 8.65. The number of rotatable bonds is 1. The van der Waals surface area contributed by atoms with Crippen molar-refractivity contribution in [3.8, 4) is 5.75 Å². The van der Waals surface area contributed by atoms with Gasteiger partial charge in [0.25, 0.3) is 0 Å². The van der Waals surface area contributed by atoms with Gasteiger partial charge in [-0.1, -0.05) is 34.2 Å². The lowest BCUT2D eigenvalue weighted by atomic mass is 10.2. The lowest BCUT2D eigenvalue weighted by molar-refractivity contribution is 0.328. The maximum Gasteiger partial charge on any atom is 0.120 e. The van der Waals surface area contributed by atoms with Crippen LogP contribution in [0.2, 0.25) is 5.02 Å². The van der Waals surface area contributed by atoms with E-state index in [0.717, 1.165) is 20.8 Å². The summed E-state index contributed by atoms with van der Waals surface area (Å²) in [7, 11) is 0. The highest BCUT2D eigenvalue weighted by molar-refractivity contribution is 14.1. The molecular weight excluding hydrogens is 274 g/mol. The molecule has 58 valence electrons. The van der Waals surface area contributed by atoms with Gasteiger partial charge in [0, 0.05) is 9.99 Å². The molecule has 0 fully saturated rings. The number of hydrogen-bond donors (Lipinski definition) is 0. The van der Waals surface area contributed by atoms with E-state index in [0.29, 0.717) is 6.61 Å². The molecular formula is C8H6ClIO. The third-order valence-corrected chi connectivity index (χ3v) is 3.04. The first-order valence-corrected chi connectivity index (χ1v) is 5.21. The van der Waals surface area contributed by atoms with Crippen molar-refractivity contribution >= 4 is 34.2 Å². The normalized spacial score (nSPS) is 13.3. The summed E-state index contributed by atoms with van der Waals surface area (Å²) in [6.45, 7) is 0.644. The first-order chi connectivity index (χ1) is 5.31. The Labute approximate surface area is 83.8 Å². The van der Waals surface area contributed by atoms with Crippen molar-refractivity contribution in [3.63, 3.8) is 0 Å². The van der Waals surface area contributed by atoms with Gasteiger partial charge in [-0.2, -0.15) is 0 Å². The first kappa shape index (κ1) is 7.68. The van der Waals surface area contributed by atoms with Crippen molar-refractivity contribution in [1.82, 2.24) is 0 Å². The number of fused-ring (bicyclic) bond motifs is 2. The summed E-state index contributed by atoms with van der Waals surface area (Å²) in [5, 5.41) is 0.876. The third-order valence-electron chi connectivity index (χ3n) is 1.74. The Balaban J connectivity index is 2.58. The molecule has 0 saturated carbocycles. The Hall–Kier alpha value is 0.0400. The van der Waals surface area contributed by atoms with E-state index >= 15 is 0 Å². The predicted molar refractivity (Wildman–Crippen MR) is 53.5 cm³/mol. The summed E-state index contributed by atoms with van der Waals surface area (Å²) < 4.78 is 6.26. The highest BCUT2D eigenvalue weighted by Gasteiger charge is 2.14. The molecule has 0 N–H and O–H groups in total. The van der Waals surface area contributed by atoms with Crippen LogP contribution in [0.25, 0.3) is 0 Å². The van der Waals surface area contributed by atoms with Crippen LogP contribution >= 0.6 is 34.2 Å². The average Bonchev–Trinajstić information content (AvgIpc) is 2.42. The Morgan fingerprint density at radius 3 is 3.09 bits per heavy atom. The fourth-order valence-electron chi connectivity index (χ4n) is 1.16. The third kappa shape index (κ3) is 1.22. The maximum absolute atomic E-state index is 6.06. The summed E-state index contributed by atoms with van der Waals surface area (Å²) in [6.07, 6.45) is 0. The molecule has 1 aromatic rings. The van der Waals surface area contributed by atoms with Crippen molar-refractivity contribution in [2.24, 2.45) is 0 Å². The number of ether oxygens (including phenoxy) is 1. The molecule has 0 saturated heterocycles. The van der Waals surface area contributed by atoms with E-state index in [4.69, 9.17) is 16.3 Å². The Bertz CT molecular complexity index is 298. The minimum atomic E-state index is 0.644. The second-order valence-electron chi connectivity index (χ2n) is 2.48. The van der Waals surface area contributed by atoms with Crippen LogP contribution in [0.4, 0.5) is 0 Å². The molecule has 0 amide bonds. The predicted octanol–water partition coefficient (Wildman–Crippen LogP) is 3.17. The van der Waals surface area contributed by atoms with Crippen LogP contribution in [0.5, 0.6) is 5.75 Å². The number of hydrogen-bond acceptors (Lipinski definition) is 1. The smallest absolute Gasteiger partial charge is 0.120 e. The van der Waals surface area contributed by atoms with Gasteiger partial charge < -0.3 is 4.74 Å². The van der Waals surface area contributed by atoms with Gasteiger partial charge >= 0.3 is 0 Å². The molecule has 11 heavy (non-hydrogen) atoms. The maximum atomic E-state index is 6.06. The van der Waals surface area contributed by atoms with Gasteiger partial charge in [-0.15, -0.1) is 0 Å². The van der Waals surface area contributed by atoms with Crippen molar-refractivity contribution < 1.29 is 4.74 Å². The van der Waals surface area contributed by atoms with Gasteiger partial charge in [0.1, 0.15) is 12.4 Å². The summed E-state index contributed by atoms with van der Waals surface area (Å²) in [4.78, 5) is 0. The molecule has 0 spiro atoms. The standard InChI is InChI=1S/C8H6ClIO/c9-8-5(3-10)1-7-2-6(8)4-11-7/h1-2H,3-4H2. The van der Waals surface area contributed by atoms with Gasteiger partial charge in [0.15, 0.2) is 0 Å². The van der Waals surface area contributed by atoms with E-state index in [-0.39, 0.29) is 0 Å². The topological polar surface area (TPSA) is 9.23 Å². The van der Waals surface area contributed by atoms with Gasteiger partial charge in [0.2, 0.25) is 0 Å². The van der Waals surface area contributed by atoms with Crippen molar-refractivity contribution in [2.45, 2.75) is 11.0 Å². The molecule has 1 aromatic carbocycles. The van der Waals surface area contributed by atoms with E-state index in [1.54, 1.807) is 0 Å². The molecule has 1 aliphatic rings. The number of alkyl halides is 1. The molecule has 0 unspecified atom stereocenters. The lowest BCUT2D eigenvalue weighted by Gasteiger charge is -1.98. The molecule has 0 aliphatic carbocycles. The molecule has 0 radical (unpaired) electrons. The fraction of sp³-hybridized carbons (Fsp3) is 0.250. The molecule has 3 heteroatoms. The molecule has 0 aromatic heterocycles. The van der Waals surface area contributed by atoms with E-state index in [9.17, 15) is 0 Å². The van der Waals surface area contributed by atoms with Crippen LogP contribution < -0.4 is 4.74 Å². The highest BCUT2D eigenvalue weighted by atomic mass is 127. The zero-order valence-electron chi connectivity index (χ0n) is 5.73. The Kier molecular flexibility index (Phi) is 1.97. The lowest BCUT2D eigenvalue weighted by Crippen LogP contribution is -1.83. The summed E-state index contributed by atoms with van der Waals surface area (Å²) in [5.74, 6) is 0.955. The van der Waals surface area contributed by atoms with Crippen LogP contribution in [0, 0.1) is 0 Å². The molecule has 1 nitrogen and oxygen atoms in total. The SMILES string of the molecule is Clc1c(CI)cc2cc1CO2. The van der Waals surface area contributed by atoms with Crippen molar-refractivity contribution in [1.29, 1.82) is 0 Å². The van der Waals surface area contributed by atoms with Crippen LogP contribution in [-0.2, 0) is 11.0 Å². The molecule has 1 heterocycles. The van der Waals surface area contributed by atoms with Gasteiger partial charge in [-0.25, -0.2) is 0 Å². The van der Waals surface area contributed by atoms with Crippen LogP contribution in [-0.4, -0.2) is 0 Å². The minimum absolute atomic E-state index is 0.644. The monoisotopic (exact) mass is 280 g/mol. The molecule has 2 rings (SSSR count). The van der Waals surface area contributed by atoms with Gasteiger partial charge in [0.05, 0.1) is 5.02 Å². The minimum Gasteiger partial charge on any atom is -0.489 e. The fourth-order valence-corrected chi connectivity index (χ4v) is 2.22. The van der Waals surface area contributed by atoms with Crippen LogP contribution in [0.3, 0.4) is 0 Å². The summed E-state index contributed by atoms with van der Waals surface area (Å²) >= 11 is 8.36.